The van der Waals surface area contributed by atoms with Gasteiger partial charge in [0.25, 0.3) is 11.5 Å². The summed E-state index contributed by atoms with van der Waals surface area (Å²) in [6.45, 7) is 1.73. The minimum absolute atomic E-state index is 0.0396. The molecular weight excluding hydrogens is 224 g/mol. The van der Waals surface area contributed by atoms with Crippen molar-refractivity contribution in [2.45, 2.75) is 13.3 Å². The maximum absolute atomic E-state index is 11.9. The Hall–Kier alpha value is -2.11. The van der Waals surface area contributed by atoms with Crippen LogP contribution in [0.1, 0.15) is 23.7 Å². The second-order valence-electron chi connectivity index (χ2n) is 3.53. The fourth-order valence-electron chi connectivity index (χ4n) is 1.45. The molecule has 1 aromatic rings. The second-order valence-corrected chi connectivity index (χ2v) is 3.53. The summed E-state index contributed by atoms with van der Waals surface area (Å²) in [7, 11) is 0. The molecule has 1 aromatic heterocycles. The number of carboxylic acid groups (broad SMARTS) is 1. The molecule has 1 rings (SSSR count). The van der Waals surface area contributed by atoms with Crippen molar-refractivity contribution >= 4 is 11.9 Å². The molecule has 0 aliphatic carbocycles. The van der Waals surface area contributed by atoms with Gasteiger partial charge in [-0.3, -0.25) is 14.4 Å². The first-order chi connectivity index (χ1) is 8.06. The fraction of sp³-hybridized carbons (Fsp3) is 0.364. The maximum Gasteiger partial charge on any atom is 0.323 e. The number of carboxylic acids is 1. The van der Waals surface area contributed by atoms with E-state index in [1.54, 1.807) is 0 Å². The molecule has 0 radical (unpaired) electrons. The maximum atomic E-state index is 11.9. The van der Waals surface area contributed by atoms with Gasteiger partial charge in [-0.1, -0.05) is 6.92 Å². The van der Waals surface area contributed by atoms with Gasteiger partial charge in [-0.05, 0) is 18.6 Å². The van der Waals surface area contributed by atoms with Gasteiger partial charge in [-0.25, -0.2) is 0 Å². The summed E-state index contributed by atoms with van der Waals surface area (Å²) >= 11 is 0. The monoisotopic (exact) mass is 238 g/mol. The molecule has 0 fully saturated rings. The average molecular weight is 238 g/mol. The lowest BCUT2D eigenvalue weighted by molar-refractivity contribution is -0.137. The van der Waals surface area contributed by atoms with Crippen molar-refractivity contribution in [3.63, 3.8) is 0 Å². The number of nitrogens with zero attached hydrogens (tertiary/aromatic N) is 1. The summed E-state index contributed by atoms with van der Waals surface area (Å²) in [6, 6.07) is 2.91. The Morgan fingerprint density at radius 1 is 1.47 bits per heavy atom. The molecule has 0 aliphatic rings. The first kappa shape index (κ1) is 13.0. The Morgan fingerprint density at radius 3 is 2.71 bits per heavy atom. The minimum atomic E-state index is -1.10. The number of rotatable bonds is 5. The smallest absolute Gasteiger partial charge is 0.323 e. The van der Waals surface area contributed by atoms with Gasteiger partial charge in [0.05, 0.1) is 0 Å². The van der Waals surface area contributed by atoms with Crippen LogP contribution in [0.5, 0.6) is 0 Å². The highest BCUT2D eigenvalue weighted by molar-refractivity contribution is 5.95. The zero-order chi connectivity index (χ0) is 12.8. The van der Waals surface area contributed by atoms with Gasteiger partial charge in [0.15, 0.2) is 0 Å². The predicted octanol–water partition coefficient (Wildman–Crippen LogP) is 0.312. The number of hydrogen-bond donors (Lipinski definition) is 2. The number of nitrogens with one attached hydrogen (secondary N) is 1. The van der Waals surface area contributed by atoms with Crippen LogP contribution in [-0.2, 0) is 4.79 Å². The molecule has 2 N–H and O–H groups in total. The quantitative estimate of drug-likeness (QED) is 0.772. The molecule has 0 atom stereocenters. The molecule has 0 unspecified atom stereocenters. The predicted molar refractivity (Wildman–Crippen MR) is 60.9 cm³/mol. The highest BCUT2D eigenvalue weighted by atomic mass is 16.4. The lowest BCUT2D eigenvalue weighted by atomic mass is 10.2. The Labute approximate surface area is 97.9 Å². The van der Waals surface area contributed by atoms with Gasteiger partial charge in [-0.2, -0.15) is 0 Å². The molecule has 1 amide bonds. The molecule has 6 nitrogen and oxygen atoms in total. The van der Waals surface area contributed by atoms with E-state index in [0.29, 0.717) is 13.0 Å². The van der Waals surface area contributed by atoms with Crippen LogP contribution >= 0.6 is 0 Å². The number of carbonyl (C=O) groups excluding carboxylic acids is 1. The van der Waals surface area contributed by atoms with Crippen molar-refractivity contribution in [2.24, 2.45) is 0 Å². The van der Waals surface area contributed by atoms with Crippen LogP contribution in [0.15, 0.2) is 23.1 Å². The van der Waals surface area contributed by atoms with Crippen molar-refractivity contribution in [1.82, 2.24) is 9.88 Å². The Kier molecular flexibility index (Phi) is 4.45. The first-order valence-corrected chi connectivity index (χ1v) is 5.25. The largest absolute Gasteiger partial charge is 0.480 e. The third kappa shape index (κ3) is 3.44. The summed E-state index contributed by atoms with van der Waals surface area (Å²) in [5, 5.41) is 8.70. The summed E-state index contributed by atoms with van der Waals surface area (Å²) in [5.74, 6) is -1.66. The number of amides is 1. The Balaban J connectivity index is 2.95. The van der Waals surface area contributed by atoms with E-state index < -0.39 is 24.0 Å². The standard InChI is InChI=1S/C11H14N2O4/c1-2-6-13(7-9(14)15)11(17)8-4-3-5-12-10(8)16/h3-5H,2,6-7H2,1H3,(H,12,16)(H,14,15). The highest BCUT2D eigenvalue weighted by Gasteiger charge is 2.19. The zero-order valence-corrected chi connectivity index (χ0v) is 9.47. The van der Waals surface area contributed by atoms with Crippen molar-refractivity contribution in [1.29, 1.82) is 0 Å². The van der Waals surface area contributed by atoms with E-state index in [1.165, 1.54) is 18.3 Å². The molecule has 6 heteroatoms. The summed E-state index contributed by atoms with van der Waals surface area (Å²) in [6.07, 6.45) is 2.05. The molecular formula is C11H14N2O4. The fourth-order valence-corrected chi connectivity index (χ4v) is 1.45. The van der Waals surface area contributed by atoms with Crippen LogP contribution < -0.4 is 5.56 Å². The zero-order valence-electron chi connectivity index (χ0n) is 9.47. The Morgan fingerprint density at radius 2 is 2.18 bits per heavy atom. The molecule has 0 bridgehead atoms. The number of carbonyl (C=O) groups is 2. The van der Waals surface area contributed by atoms with Gasteiger partial charge in [0, 0.05) is 12.7 Å². The van der Waals surface area contributed by atoms with E-state index in [2.05, 4.69) is 4.98 Å². The van der Waals surface area contributed by atoms with E-state index in [4.69, 9.17) is 5.11 Å². The topological polar surface area (TPSA) is 90.5 Å². The molecule has 0 aliphatic heterocycles. The molecule has 0 saturated heterocycles. The van der Waals surface area contributed by atoms with E-state index in [0.717, 1.165) is 4.90 Å². The van der Waals surface area contributed by atoms with Crippen molar-refractivity contribution in [3.8, 4) is 0 Å². The lowest BCUT2D eigenvalue weighted by Gasteiger charge is -2.19. The van der Waals surface area contributed by atoms with Crippen LogP contribution in [0.3, 0.4) is 0 Å². The van der Waals surface area contributed by atoms with E-state index >= 15 is 0 Å². The SMILES string of the molecule is CCCN(CC(=O)O)C(=O)c1ccc[nH]c1=O. The van der Waals surface area contributed by atoms with E-state index in [1.807, 2.05) is 6.92 Å². The van der Waals surface area contributed by atoms with Crippen LogP contribution in [0.25, 0.3) is 0 Å². The Bertz CT molecular complexity index is 467. The number of aromatic amines is 1. The van der Waals surface area contributed by atoms with Crippen LogP contribution in [-0.4, -0.2) is 40.0 Å². The number of aromatic nitrogens is 1. The summed E-state index contributed by atoms with van der Waals surface area (Å²) < 4.78 is 0. The van der Waals surface area contributed by atoms with Crippen LogP contribution in [0, 0.1) is 0 Å². The molecule has 0 spiro atoms. The van der Waals surface area contributed by atoms with Crippen molar-refractivity contribution in [3.05, 3.63) is 34.2 Å². The molecule has 0 saturated carbocycles. The van der Waals surface area contributed by atoms with Crippen LogP contribution in [0.4, 0.5) is 0 Å². The van der Waals surface area contributed by atoms with E-state index in [9.17, 15) is 14.4 Å². The van der Waals surface area contributed by atoms with Crippen molar-refractivity contribution in [2.75, 3.05) is 13.1 Å². The van der Waals surface area contributed by atoms with Gasteiger partial charge in [-0.15, -0.1) is 0 Å². The summed E-state index contributed by atoms with van der Waals surface area (Å²) in [5.41, 5.74) is -0.550. The number of hydrogen-bond acceptors (Lipinski definition) is 3. The molecule has 92 valence electrons. The van der Waals surface area contributed by atoms with Gasteiger partial charge in [0.2, 0.25) is 0 Å². The number of H-pyrrole nitrogens is 1. The van der Waals surface area contributed by atoms with E-state index in [-0.39, 0.29) is 5.56 Å². The molecule has 1 heterocycles. The van der Waals surface area contributed by atoms with Crippen LogP contribution in [0.2, 0.25) is 0 Å². The third-order valence-electron chi connectivity index (χ3n) is 2.16. The average Bonchev–Trinajstić information content (AvgIpc) is 2.28. The van der Waals surface area contributed by atoms with Gasteiger partial charge < -0.3 is 15.0 Å². The molecule has 17 heavy (non-hydrogen) atoms. The third-order valence-corrected chi connectivity index (χ3v) is 2.16. The number of aliphatic carboxylic acids is 1. The minimum Gasteiger partial charge on any atom is -0.480 e. The second kappa shape index (κ2) is 5.83. The van der Waals surface area contributed by atoms with Gasteiger partial charge >= 0.3 is 5.97 Å². The molecule has 0 aromatic carbocycles. The van der Waals surface area contributed by atoms with Crippen molar-refractivity contribution < 1.29 is 14.7 Å². The first-order valence-electron chi connectivity index (χ1n) is 5.25. The highest BCUT2D eigenvalue weighted by Crippen LogP contribution is 2.00. The normalized spacial score (nSPS) is 9.94. The summed E-state index contributed by atoms with van der Waals surface area (Å²) in [4.78, 5) is 37.5. The number of pyridine rings is 1. The van der Waals surface area contributed by atoms with Gasteiger partial charge in [0.1, 0.15) is 12.1 Å². The lowest BCUT2D eigenvalue weighted by Crippen LogP contribution is -2.38.